The number of nitrogens with zero attached hydrogens (tertiary/aromatic N) is 1. The summed E-state index contributed by atoms with van der Waals surface area (Å²) in [6.45, 7) is 1.43. The van der Waals surface area contributed by atoms with Crippen molar-refractivity contribution in [3.63, 3.8) is 0 Å². The quantitative estimate of drug-likeness (QED) is 0.776. The second-order valence-corrected chi connectivity index (χ2v) is 3.58. The summed E-state index contributed by atoms with van der Waals surface area (Å²) in [5.41, 5.74) is 6.45. The van der Waals surface area contributed by atoms with Gasteiger partial charge < -0.3 is 10.8 Å². The third-order valence-electron chi connectivity index (χ3n) is 1.84. The van der Waals surface area contributed by atoms with Gasteiger partial charge in [0.15, 0.2) is 0 Å². The molecule has 0 spiro atoms. The molecule has 0 amide bonds. The lowest BCUT2D eigenvalue weighted by molar-refractivity contribution is 0.264. The van der Waals surface area contributed by atoms with Crippen LogP contribution in [0.3, 0.4) is 0 Å². The van der Waals surface area contributed by atoms with E-state index in [1.807, 2.05) is 0 Å². The Hall–Kier alpha value is -0.520. The van der Waals surface area contributed by atoms with E-state index >= 15 is 0 Å². The summed E-state index contributed by atoms with van der Waals surface area (Å²) in [4.78, 5) is 3.50. The van der Waals surface area contributed by atoms with Crippen molar-refractivity contribution in [2.75, 3.05) is 6.61 Å². The molecule has 5 heteroatoms. The van der Waals surface area contributed by atoms with Crippen LogP contribution in [-0.2, 0) is 0 Å². The van der Waals surface area contributed by atoms with Crippen LogP contribution >= 0.6 is 15.9 Å². The molecule has 0 saturated heterocycles. The van der Waals surface area contributed by atoms with Gasteiger partial charge in [-0.1, -0.05) is 0 Å². The highest BCUT2D eigenvalue weighted by molar-refractivity contribution is 9.10. The number of aliphatic hydroxyl groups is 1. The van der Waals surface area contributed by atoms with Crippen LogP contribution < -0.4 is 5.73 Å². The molecule has 72 valence electrons. The molecular weight excluding hydrogens is 239 g/mol. The van der Waals surface area contributed by atoms with E-state index in [9.17, 15) is 4.39 Å². The van der Waals surface area contributed by atoms with Gasteiger partial charge in [-0.25, -0.2) is 4.98 Å². The van der Waals surface area contributed by atoms with Crippen molar-refractivity contribution < 1.29 is 9.50 Å². The number of nitrogens with two attached hydrogens (primary N) is 1. The highest BCUT2D eigenvalue weighted by Crippen LogP contribution is 2.24. The number of hydrogen-bond donors (Lipinski definition) is 2. The summed E-state index contributed by atoms with van der Waals surface area (Å²) < 4.78 is 13.8. The van der Waals surface area contributed by atoms with Gasteiger partial charge in [0.25, 0.3) is 0 Å². The van der Waals surface area contributed by atoms with Gasteiger partial charge in [-0.05, 0) is 28.4 Å². The molecule has 3 N–H and O–H groups in total. The van der Waals surface area contributed by atoms with Crippen LogP contribution in [0.1, 0.15) is 17.2 Å². The minimum Gasteiger partial charge on any atom is -0.394 e. The average molecular weight is 249 g/mol. The van der Waals surface area contributed by atoms with E-state index in [1.54, 1.807) is 6.92 Å². The second kappa shape index (κ2) is 4.13. The largest absolute Gasteiger partial charge is 0.394 e. The van der Waals surface area contributed by atoms with Gasteiger partial charge in [-0.2, -0.15) is 4.39 Å². The summed E-state index contributed by atoms with van der Waals surface area (Å²) in [6, 6.07) is -0.718. The van der Waals surface area contributed by atoms with Crippen LogP contribution in [-0.4, -0.2) is 16.7 Å². The Morgan fingerprint density at radius 1 is 1.77 bits per heavy atom. The summed E-state index contributed by atoms with van der Waals surface area (Å²) in [7, 11) is 0. The smallest absolute Gasteiger partial charge is 0.218 e. The molecule has 0 saturated carbocycles. The van der Waals surface area contributed by atoms with E-state index in [4.69, 9.17) is 10.8 Å². The summed E-state index contributed by atoms with van der Waals surface area (Å²) in [5, 5.41) is 8.79. The lowest BCUT2D eigenvalue weighted by Crippen LogP contribution is -2.18. The molecular formula is C8H10BrFN2O. The summed E-state index contributed by atoms with van der Waals surface area (Å²) >= 11 is 3.21. The normalized spacial score (nSPS) is 13.0. The van der Waals surface area contributed by atoms with Crippen molar-refractivity contribution >= 4 is 15.9 Å². The number of hydrogen-bond acceptors (Lipinski definition) is 3. The molecule has 1 aromatic rings. The summed E-state index contributed by atoms with van der Waals surface area (Å²) in [5.74, 6) is -0.623. The Bertz CT molecular complexity index is 319. The molecule has 0 unspecified atom stereocenters. The number of rotatable bonds is 2. The maximum Gasteiger partial charge on any atom is 0.218 e. The van der Waals surface area contributed by atoms with E-state index in [0.29, 0.717) is 10.0 Å². The number of aliphatic hydroxyl groups excluding tert-OH is 1. The van der Waals surface area contributed by atoms with Gasteiger partial charge in [-0.3, -0.25) is 0 Å². The second-order valence-electron chi connectivity index (χ2n) is 2.72. The van der Waals surface area contributed by atoms with Gasteiger partial charge in [0, 0.05) is 16.2 Å². The Kier molecular flexibility index (Phi) is 3.35. The highest BCUT2D eigenvalue weighted by atomic mass is 79.9. The molecule has 3 nitrogen and oxygen atoms in total. The van der Waals surface area contributed by atoms with Crippen molar-refractivity contribution in [3.8, 4) is 0 Å². The van der Waals surface area contributed by atoms with Gasteiger partial charge >= 0.3 is 0 Å². The monoisotopic (exact) mass is 248 g/mol. The fourth-order valence-corrected chi connectivity index (χ4v) is 1.40. The van der Waals surface area contributed by atoms with Gasteiger partial charge in [0.1, 0.15) is 0 Å². The van der Waals surface area contributed by atoms with Crippen LogP contribution in [0.4, 0.5) is 4.39 Å². The Labute approximate surface area is 83.9 Å². The van der Waals surface area contributed by atoms with Crippen molar-refractivity contribution in [3.05, 3.63) is 27.7 Å². The molecule has 1 heterocycles. The Balaban J connectivity index is 3.25. The first kappa shape index (κ1) is 10.6. The van der Waals surface area contributed by atoms with Gasteiger partial charge in [0.2, 0.25) is 5.95 Å². The van der Waals surface area contributed by atoms with E-state index in [0.717, 1.165) is 0 Å². The lowest BCUT2D eigenvalue weighted by atomic mass is 10.1. The molecule has 13 heavy (non-hydrogen) atoms. The maximum absolute atomic E-state index is 13.1. The number of aromatic nitrogens is 1. The average Bonchev–Trinajstić information content (AvgIpc) is 2.12. The first-order valence-electron chi connectivity index (χ1n) is 3.74. The van der Waals surface area contributed by atoms with E-state index in [2.05, 4.69) is 20.9 Å². The van der Waals surface area contributed by atoms with Crippen LogP contribution in [0.2, 0.25) is 0 Å². The first-order chi connectivity index (χ1) is 6.07. The van der Waals surface area contributed by atoms with E-state index in [-0.39, 0.29) is 12.2 Å². The van der Waals surface area contributed by atoms with Crippen molar-refractivity contribution in [1.29, 1.82) is 0 Å². The van der Waals surface area contributed by atoms with Crippen LogP contribution in [0, 0.1) is 12.9 Å². The predicted octanol–water partition coefficient (Wildman–Crippen LogP) is 1.28. The standard InChI is InChI=1S/C8H10BrFN2O/c1-4-5(9)2-12-8(10)7(4)6(11)3-13/h2,6,13H,3,11H2,1H3/t6-/m0/s1. The molecule has 0 radical (unpaired) electrons. The van der Waals surface area contributed by atoms with Crippen molar-refractivity contribution in [1.82, 2.24) is 4.98 Å². The predicted molar refractivity (Wildman–Crippen MR) is 50.6 cm³/mol. The van der Waals surface area contributed by atoms with Gasteiger partial charge in [0.05, 0.1) is 12.6 Å². The molecule has 0 aliphatic carbocycles. The van der Waals surface area contributed by atoms with Crippen LogP contribution in [0.5, 0.6) is 0 Å². The third-order valence-corrected chi connectivity index (χ3v) is 2.64. The number of halogens is 2. The topological polar surface area (TPSA) is 59.1 Å². The zero-order valence-corrected chi connectivity index (χ0v) is 8.68. The molecule has 0 aliphatic rings. The van der Waals surface area contributed by atoms with Crippen LogP contribution in [0.15, 0.2) is 10.7 Å². The SMILES string of the molecule is Cc1c(Br)cnc(F)c1[C@@H](N)CO. The molecule has 1 rings (SSSR count). The molecule has 0 aromatic carbocycles. The third kappa shape index (κ3) is 2.04. The van der Waals surface area contributed by atoms with E-state index < -0.39 is 12.0 Å². The first-order valence-corrected chi connectivity index (χ1v) is 4.54. The van der Waals surface area contributed by atoms with Crippen molar-refractivity contribution in [2.45, 2.75) is 13.0 Å². The van der Waals surface area contributed by atoms with Crippen molar-refractivity contribution in [2.24, 2.45) is 5.73 Å². The Morgan fingerprint density at radius 3 is 2.92 bits per heavy atom. The fraction of sp³-hybridized carbons (Fsp3) is 0.375. The Morgan fingerprint density at radius 2 is 2.38 bits per heavy atom. The van der Waals surface area contributed by atoms with E-state index in [1.165, 1.54) is 6.20 Å². The summed E-state index contributed by atoms with van der Waals surface area (Å²) in [6.07, 6.45) is 1.37. The molecule has 0 fully saturated rings. The molecule has 0 bridgehead atoms. The molecule has 0 aliphatic heterocycles. The molecule has 1 aromatic heterocycles. The van der Waals surface area contributed by atoms with Crippen LogP contribution in [0.25, 0.3) is 0 Å². The lowest BCUT2D eigenvalue weighted by Gasteiger charge is -2.13. The maximum atomic E-state index is 13.1. The van der Waals surface area contributed by atoms with Gasteiger partial charge in [-0.15, -0.1) is 0 Å². The minimum atomic E-state index is -0.718. The fourth-order valence-electron chi connectivity index (χ4n) is 1.09. The highest BCUT2D eigenvalue weighted by Gasteiger charge is 2.16. The number of pyridine rings is 1. The zero-order valence-electron chi connectivity index (χ0n) is 7.09. The minimum absolute atomic E-state index is 0.261. The zero-order chi connectivity index (χ0) is 10.0. The molecule has 1 atom stereocenters.